The molecule has 0 aliphatic carbocycles. The Bertz CT molecular complexity index is 763. The molecule has 0 saturated heterocycles. The summed E-state index contributed by atoms with van der Waals surface area (Å²) >= 11 is 0. The molecular weight excluding hydrogens is 348 g/mol. The minimum absolute atomic E-state index is 0.0404. The van der Waals surface area contributed by atoms with Gasteiger partial charge >= 0.3 is 5.97 Å². The van der Waals surface area contributed by atoms with Crippen molar-refractivity contribution in [2.75, 3.05) is 6.79 Å². The topological polar surface area (TPSA) is 91.6 Å². The largest absolute Gasteiger partial charge is 0.455 e. The zero-order chi connectivity index (χ0) is 19.5. The molecule has 0 bridgehead atoms. The van der Waals surface area contributed by atoms with Gasteiger partial charge in [0.1, 0.15) is 11.3 Å². The van der Waals surface area contributed by atoms with E-state index in [4.69, 9.17) is 9.47 Å². The molecule has 0 N–H and O–H groups in total. The first-order valence-electron chi connectivity index (χ1n) is 9.44. The molecule has 7 nitrogen and oxygen atoms in total. The molecule has 2 aromatic rings. The lowest BCUT2D eigenvalue weighted by atomic mass is 10.1. The highest BCUT2D eigenvalue weighted by atomic mass is 16.7. The van der Waals surface area contributed by atoms with Crippen molar-refractivity contribution in [2.24, 2.45) is 0 Å². The first-order chi connectivity index (χ1) is 13.1. The highest BCUT2D eigenvalue weighted by Gasteiger charge is 2.16. The van der Waals surface area contributed by atoms with Crippen LogP contribution in [0.1, 0.15) is 58.3 Å². The number of nitro groups is 1. The molecule has 1 aromatic heterocycles. The lowest BCUT2D eigenvalue weighted by Gasteiger charge is -2.09. The molecule has 0 saturated carbocycles. The van der Waals surface area contributed by atoms with E-state index >= 15 is 0 Å². The summed E-state index contributed by atoms with van der Waals surface area (Å²) in [6.07, 6.45) is 9.85. The number of non-ortho nitro benzene ring substituents is 1. The Morgan fingerprint density at radius 2 is 1.85 bits per heavy atom. The van der Waals surface area contributed by atoms with Crippen molar-refractivity contribution in [3.8, 4) is 5.75 Å². The Morgan fingerprint density at radius 3 is 2.59 bits per heavy atom. The van der Waals surface area contributed by atoms with Crippen molar-refractivity contribution in [1.29, 1.82) is 0 Å². The fraction of sp³-hybridized carbons (Fsp3) is 0.500. The summed E-state index contributed by atoms with van der Waals surface area (Å²) in [6.45, 7) is 1.95. The summed E-state index contributed by atoms with van der Waals surface area (Å²) in [5.74, 6) is 0.0441. The first-order valence-corrected chi connectivity index (χ1v) is 9.44. The van der Waals surface area contributed by atoms with E-state index in [9.17, 15) is 14.9 Å². The molecule has 0 fully saturated rings. The van der Waals surface area contributed by atoms with E-state index in [1.807, 2.05) is 0 Å². The number of hydrogen-bond acceptors (Lipinski definition) is 6. The van der Waals surface area contributed by atoms with E-state index in [1.54, 1.807) is 12.1 Å². The number of hydrogen-bond donors (Lipinski definition) is 0. The lowest BCUT2D eigenvalue weighted by molar-refractivity contribution is -0.383. The smallest absolute Gasteiger partial charge is 0.308 e. The van der Waals surface area contributed by atoms with Crippen molar-refractivity contribution in [2.45, 2.75) is 58.3 Å². The third-order valence-corrected chi connectivity index (χ3v) is 4.33. The van der Waals surface area contributed by atoms with E-state index in [2.05, 4.69) is 11.9 Å². The summed E-state index contributed by atoms with van der Waals surface area (Å²) in [6, 6.07) is 6.07. The molecule has 0 spiro atoms. The van der Waals surface area contributed by atoms with Gasteiger partial charge < -0.3 is 9.47 Å². The van der Waals surface area contributed by atoms with Crippen LogP contribution in [0.2, 0.25) is 0 Å². The molecule has 0 atom stereocenters. The van der Waals surface area contributed by atoms with Gasteiger partial charge in [0.15, 0.2) is 0 Å². The second-order valence-corrected chi connectivity index (χ2v) is 6.39. The van der Waals surface area contributed by atoms with Crippen molar-refractivity contribution < 1.29 is 19.2 Å². The van der Waals surface area contributed by atoms with Crippen LogP contribution in [0, 0.1) is 10.1 Å². The highest BCUT2D eigenvalue weighted by Crippen LogP contribution is 2.31. The summed E-state index contributed by atoms with van der Waals surface area (Å²) in [4.78, 5) is 26.5. The van der Waals surface area contributed by atoms with Gasteiger partial charge in [-0.1, -0.05) is 45.4 Å². The third kappa shape index (κ3) is 6.51. The molecule has 0 aliphatic rings. The number of nitrogens with zero attached hydrogens (tertiary/aromatic N) is 2. The maximum atomic E-state index is 11.8. The number of unbranched alkanes of at least 4 members (excludes halogenated alkanes) is 6. The fourth-order valence-corrected chi connectivity index (χ4v) is 2.86. The van der Waals surface area contributed by atoms with Gasteiger partial charge in [-0.2, -0.15) is 0 Å². The number of carbonyl (C=O) groups is 1. The number of carbonyl (C=O) groups excluding carboxylic acids is 1. The SMILES string of the molecule is CCCCCCCCCC(=O)OCOc1ccc([N+](=O)[O-])c2cccnc12. The summed E-state index contributed by atoms with van der Waals surface area (Å²) in [5, 5.41) is 11.5. The Morgan fingerprint density at radius 1 is 1.11 bits per heavy atom. The standard InChI is InChI=1S/C20H26N2O5/c1-2-3-4-5-6-7-8-11-19(23)27-15-26-18-13-12-17(22(24)25)16-10-9-14-21-20(16)18/h9-10,12-14H,2-8,11,15H2,1H3. The predicted molar refractivity (Wildman–Crippen MR) is 103 cm³/mol. The Labute approximate surface area is 158 Å². The average molecular weight is 374 g/mol. The zero-order valence-electron chi connectivity index (χ0n) is 15.7. The van der Waals surface area contributed by atoms with Crippen LogP contribution in [0.4, 0.5) is 5.69 Å². The van der Waals surface area contributed by atoms with Crippen LogP contribution in [0.3, 0.4) is 0 Å². The van der Waals surface area contributed by atoms with Crippen LogP contribution in [-0.2, 0) is 9.53 Å². The third-order valence-electron chi connectivity index (χ3n) is 4.33. The second kappa shape index (κ2) is 11.1. The number of rotatable bonds is 12. The van der Waals surface area contributed by atoms with Gasteiger partial charge in [0, 0.05) is 18.7 Å². The van der Waals surface area contributed by atoms with E-state index in [1.165, 1.54) is 44.0 Å². The van der Waals surface area contributed by atoms with Gasteiger partial charge in [-0.05, 0) is 24.6 Å². The maximum absolute atomic E-state index is 11.8. The Hall–Kier alpha value is -2.70. The van der Waals surface area contributed by atoms with Crippen molar-refractivity contribution >= 4 is 22.6 Å². The minimum Gasteiger partial charge on any atom is -0.455 e. The first kappa shape index (κ1) is 20.6. The van der Waals surface area contributed by atoms with Crippen molar-refractivity contribution in [1.82, 2.24) is 4.98 Å². The van der Waals surface area contributed by atoms with Gasteiger partial charge in [0.05, 0.1) is 10.3 Å². The van der Waals surface area contributed by atoms with E-state index in [0.29, 0.717) is 23.1 Å². The number of esters is 1. The van der Waals surface area contributed by atoms with Gasteiger partial charge in [-0.25, -0.2) is 0 Å². The summed E-state index contributed by atoms with van der Waals surface area (Å²) in [7, 11) is 0. The summed E-state index contributed by atoms with van der Waals surface area (Å²) < 4.78 is 10.6. The number of benzene rings is 1. The monoisotopic (exact) mass is 374 g/mol. The van der Waals surface area contributed by atoms with Gasteiger partial charge in [-0.15, -0.1) is 0 Å². The number of fused-ring (bicyclic) bond motifs is 1. The highest BCUT2D eigenvalue weighted by molar-refractivity contribution is 5.92. The molecule has 146 valence electrons. The van der Waals surface area contributed by atoms with E-state index < -0.39 is 4.92 Å². The van der Waals surface area contributed by atoms with Crippen LogP contribution in [0.15, 0.2) is 30.5 Å². The molecule has 27 heavy (non-hydrogen) atoms. The van der Waals surface area contributed by atoms with Crippen LogP contribution in [-0.4, -0.2) is 22.7 Å². The van der Waals surface area contributed by atoms with Crippen LogP contribution in [0.5, 0.6) is 5.75 Å². The Balaban J connectivity index is 1.76. The van der Waals surface area contributed by atoms with Crippen molar-refractivity contribution in [3.05, 3.63) is 40.6 Å². The number of nitro benzene ring substituents is 1. The van der Waals surface area contributed by atoms with Crippen LogP contribution in [0.25, 0.3) is 10.9 Å². The molecule has 0 unspecified atom stereocenters. The van der Waals surface area contributed by atoms with Gasteiger partial charge in [0.2, 0.25) is 6.79 Å². The molecule has 0 aliphatic heterocycles. The molecule has 2 rings (SSSR count). The molecule has 0 radical (unpaired) electrons. The van der Waals surface area contributed by atoms with Crippen molar-refractivity contribution in [3.63, 3.8) is 0 Å². The number of ether oxygens (including phenoxy) is 2. The van der Waals surface area contributed by atoms with Gasteiger partial charge in [0.25, 0.3) is 5.69 Å². The molecule has 0 amide bonds. The lowest BCUT2D eigenvalue weighted by Crippen LogP contribution is -2.10. The van der Waals surface area contributed by atoms with E-state index in [-0.39, 0.29) is 18.4 Å². The van der Waals surface area contributed by atoms with E-state index in [0.717, 1.165) is 19.3 Å². The predicted octanol–water partition coefficient (Wildman–Crippen LogP) is 5.16. The molecule has 1 aromatic carbocycles. The zero-order valence-corrected chi connectivity index (χ0v) is 15.7. The normalized spacial score (nSPS) is 10.7. The molecule has 1 heterocycles. The molecule has 7 heteroatoms. The van der Waals surface area contributed by atoms with Crippen LogP contribution >= 0.6 is 0 Å². The second-order valence-electron chi connectivity index (χ2n) is 6.39. The maximum Gasteiger partial charge on any atom is 0.308 e. The minimum atomic E-state index is -0.462. The van der Waals surface area contributed by atoms with Gasteiger partial charge in [-0.3, -0.25) is 19.9 Å². The number of aromatic nitrogens is 1. The molecular formula is C20H26N2O5. The Kier molecular flexibility index (Phi) is 8.48. The quantitative estimate of drug-likeness (QED) is 0.167. The number of pyridine rings is 1. The summed E-state index contributed by atoms with van der Waals surface area (Å²) in [5.41, 5.74) is 0.330. The van der Waals surface area contributed by atoms with Crippen LogP contribution < -0.4 is 4.74 Å². The average Bonchev–Trinajstić information content (AvgIpc) is 2.67. The fourth-order valence-electron chi connectivity index (χ4n) is 2.86.